The number of hydrogen-bond acceptors (Lipinski definition) is 7. The Hall–Kier alpha value is -2.10. The molecule has 0 aromatic heterocycles. The van der Waals surface area contributed by atoms with Crippen molar-refractivity contribution in [2.45, 2.75) is 38.1 Å². The van der Waals surface area contributed by atoms with E-state index in [2.05, 4.69) is 5.32 Å². The second kappa shape index (κ2) is 5.27. The molecular weight excluding hydrogens is 294 g/mol. The van der Waals surface area contributed by atoms with Gasteiger partial charge in [0.1, 0.15) is 0 Å². The molecule has 0 saturated carbocycles. The fourth-order valence-electron chi connectivity index (χ4n) is 2.49. The van der Waals surface area contributed by atoms with Crippen LogP contribution in [0.1, 0.15) is 26.3 Å². The van der Waals surface area contributed by atoms with Gasteiger partial charge >= 0.3 is 0 Å². The molecule has 1 aromatic carbocycles. The third-order valence-corrected chi connectivity index (χ3v) is 3.59. The lowest BCUT2D eigenvalue weighted by atomic mass is 9.92. The number of non-ortho nitro benzene ring substituents is 2. The summed E-state index contributed by atoms with van der Waals surface area (Å²) in [6.07, 6.45) is 0. The van der Waals surface area contributed by atoms with E-state index in [1.54, 1.807) is 6.92 Å². The molecule has 1 aromatic rings. The molecule has 2 atom stereocenters. The highest BCUT2D eigenvalue weighted by Crippen LogP contribution is 2.36. The number of nitro groups is 2. The van der Waals surface area contributed by atoms with Gasteiger partial charge in [-0.15, -0.1) is 0 Å². The van der Waals surface area contributed by atoms with Crippen LogP contribution in [0.25, 0.3) is 0 Å². The number of nitrogens with zero attached hydrogens (tertiary/aromatic N) is 2. The molecule has 120 valence electrons. The molecule has 0 aliphatic carbocycles. The van der Waals surface area contributed by atoms with Crippen molar-refractivity contribution in [2.24, 2.45) is 0 Å². The molecule has 22 heavy (non-hydrogen) atoms. The van der Waals surface area contributed by atoms with Crippen molar-refractivity contribution >= 4 is 11.4 Å². The SMILES string of the molecule is CC1NC(C)(C)COC1(O)c1cc([N+](=O)[O-])cc([N+](=O)[O-])c1. The molecular formula is C13H17N3O6. The highest BCUT2D eigenvalue weighted by molar-refractivity contribution is 5.48. The summed E-state index contributed by atoms with van der Waals surface area (Å²) >= 11 is 0. The minimum atomic E-state index is -1.88. The monoisotopic (exact) mass is 311 g/mol. The van der Waals surface area contributed by atoms with Crippen LogP contribution in [-0.4, -0.2) is 33.1 Å². The maximum Gasteiger partial charge on any atom is 0.276 e. The molecule has 1 aliphatic heterocycles. The fraction of sp³-hybridized carbons (Fsp3) is 0.538. The molecule has 1 fully saturated rings. The van der Waals surface area contributed by atoms with E-state index in [-0.39, 0.29) is 12.2 Å². The lowest BCUT2D eigenvalue weighted by Crippen LogP contribution is -2.63. The zero-order valence-corrected chi connectivity index (χ0v) is 12.4. The Morgan fingerprint density at radius 1 is 1.23 bits per heavy atom. The Morgan fingerprint density at radius 2 is 1.73 bits per heavy atom. The van der Waals surface area contributed by atoms with Gasteiger partial charge < -0.3 is 15.2 Å². The fourth-order valence-corrected chi connectivity index (χ4v) is 2.49. The van der Waals surface area contributed by atoms with Crippen molar-refractivity contribution in [1.29, 1.82) is 0 Å². The minimum absolute atomic E-state index is 0.0242. The zero-order chi connectivity index (χ0) is 16.7. The van der Waals surface area contributed by atoms with Gasteiger partial charge in [-0.25, -0.2) is 0 Å². The van der Waals surface area contributed by atoms with E-state index < -0.39 is 38.6 Å². The normalized spacial score (nSPS) is 27.4. The lowest BCUT2D eigenvalue weighted by Gasteiger charge is -2.46. The first kappa shape index (κ1) is 16.3. The Labute approximate surface area is 126 Å². The van der Waals surface area contributed by atoms with Gasteiger partial charge in [0.15, 0.2) is 0 Å². The first-order chi connectivity index (χ1) is 10.0. The summed E-state index contributed by atoms with van der Waals surface area (Å²) in [5.74, 6) is -1.88. The summed E-state index contributed by atoms with van der Waals surface area (Å²) in [6, 6.07) is 2.41. The van der Waals surface area contributed by atoms with Gasteiger partial charge in [0, 0.05) is 23.2 Å². The van der Waals surface area contributed by atoms with Crippen LogP contribution in [-0.2, 0) is 10.5 Å². The number of benzene rings is 1. The number of hydrogen-bond donors (Lipinski definition) is 2. The average molecular weight is 311 g/mol. The van der Waals surface area contributed by atoms with E-state index in [0.717, 1.165) is 18.2 Å². The Morgan fingerprint density at radius 3 is 2.14 bits per heavy atom. The van der Waals surface area contributed by atoms with Crippen LogP contribution in [0.3, 0.4) is 0 Å². The number of nitro benzene ring substituents is 2. The molecule has 1 heterocycles. The van der Waals surface area contributed by atoms with Crippen molar-refractivity contribution in [3.8, 4) is 0 Å². The standard InChI is InChI=1S/C13H17N3O6/c1-8-13(17,22-7-12(2,3)14-8)9-4-10(15(18)19)6-11(5-9)16(20)21/h4-6,8,14,17H,7H2,1-3H3. The topological polar surface area (TPSA) is 128 Å². The van der Waals surface area contributed by atoms with Crippen LogP contribution in [0.15, 0.2) is 18.2 Å². The summed E-state index contributed by atoms with van der Waals surface area (Å²) in [5.41, 5.74) is -1.36. The molecule has 0 amide bonds. The number of rotatable bonds is 3. The quantitative estimate of drug-likeness (QED) is 0.638. The first-order valence-electron chi connectivity index (χ1n) is 6.63. The average Bonchev–Trinajstić information content (AvgIpc) is 2.42. The van der Waals surface area contributed by atoms with Gasteiger partial charge in [0.25, 0.3) is 11.4 Å². The summed E-state index contributed by atoms with van der Waals surface area (Å²) in [5, 5.41) is 35.7. The summed E-state index contributed by atoms with van der Waals surface area (Å²) in [6.45, 7) is 5.54. The highest BCUT2D eigenvalue weighted by Gasteiger charge is 2.46. The predicted octanol–water partition coefficient (Wildman–Crippen LogP) is 1.43. The molecule has 2 unspecified atom stereocenters. The van der Waals surface area contributed by atoms with Gasteiger partial charge in [-0.3, -0.25) is 20.2 Å². The van der Waals surface area contributed by atoms with Crippen molar-refractivity contribution in [2.75, 3.05) is 6.61 Å². The van der Waals surface area contributed by atoms with Gasteiger partial charge in [0.05, 0.1) is 28.6 Å². The summed E-state index contributed by atoms with van der Waals surface area (Å²) < 4.78 is 5.50. The van der Waals surface area contributed by atoms with E-state index in [0.29, 0.717) is 0 Å². The number of aliphatic hydroxyl groups is 1. The Kier molecular flexibility index (Phi) is 3.90. The van der Waals surface area contributed by atoms with Crippen LogP contribution in [0.2, 0.25) is 0 Å². The second-order valence-electron chi connectivity index (χ2n) is 5.99. The minimum Gasteiger partial charge on any atom is -0.361 e. The molecule has 0 bridgehead atoms. The largest absolute Gasteiger partial charge is 0.361 e. The first-order valence-corrected chi connectivity index (χ1v) is 6.63. The molecule has 9 heteroatoms. The number of ether oxygens (including phenoxy) is 1. The van der Waals surface area contributed by atoms with Crippen LogP contribution < -0.4 is 5.32 Å². The predicted molar refractivity (Wildman–Crippen MR) is 76.3 cm³/mol. The molecule has 9 nitrogen and oxygen atoms in total. The smallest absolute Gasteiger partial charge is 0.276 e. The molecule has 2 rings (SSSR count). The highest BCUT2D eigenvalue weighted by atomic mass is 16.6. The van der Waals surface area contributed by atoms with E-state index in [4.69, 9.17) is 4.74 Å². The molecule has 1 aliphatic rings. The van der Waals surface area contributed by atoms with Crippen LogP contribution in [0.5, 0.6) is 0 Å². The third kappa shape index (κ3) is 2.91. The van der Waals surface area contributed by atoms with Crippen LogP contribution >= 0.6 is 0 Å². The van der Waals surface area contributed by atoms with E-state index >= 15 is 0 Å². The van der Waals surface area contributed by atoms with Crippen LogP contribution in [0, 0.1) is 20.2 Å². The number of nitrogens with one attached hydrogen (secondary N) is 1. The van der Waals surface area contributed by atoms with Crippen molar-refractivity contribution in [1.82, 2.24) is 5.32 Å². The van der Waals surface area contributed by atoms with Crippen molar-refractivity contribution in [3.05, 3.63) is 44.0 Å². The van der Waals surface area contributed by atoms with Crippen molar-refractivity contribution < 1.29 is 19.7 Å². The number of morpholine rings is 1. The molecule has 0 spiro atoms. The summed E-state index contributed by atoms with van der Waals surface area (Å²) in [4.78, 5) is 20.4. The molecule has 0 radical (unpaired) electrons. The molecule has 1 saturated heterocycles. The zero-order valence-electron chi connectivity index (χ0n) is 12.4. The second-order valence-corrected chi connectivity index (χ2v) is 5.99. The molecule has 2 N–H and O–H groups in total. The Balaban J connectivity index is 2.51. The van der Waals surface area contributed by atoms with E-state index in [1.165, 1.54) is 0 Å². The summed E-state index contributed by atoms with van der Waals surface area (Å²) in [7, 11) is 0. The third-order valence-electron chi connectivity index (χ3n) is 3.59. The van der Waals surface area contributed by atoms with Gasteiger partial charge in [-0.2, -0.15) is 0 Å². The van der Waals surface area contributed by atoms with Crippen molar-refractivity contribution in [3.63, 3.8) is 0 Å². The van der Waals surface area contributed by atoms with Gasteiger partial charge in [-0.05, 0) is 20.8 Å². The Bertz CT molecular complexity index is 600. The van der Waals surface area contributed by atoms with Gasteiger partial charge in [-0.1, -0.05) is 0 Å². The van der Waals surface area contributed by atoms with E-state index in [9.17, 15) is 25.3 Å². The maximum atomic E-state index is 10.9. The van der Waals surface area contributed by atoms with Crippen LogP contribution in [0.4, 0.5) is 11.4 Å². The maximum absolute atomic E-state index is 10.9. The lowest BCUT2D eigenvalue weighted by molar-refractivity contribution is -0.394. The van der Waals surface area contributed by atoms with Gasteiger partial charge in [0.2, 0.25) is 5.79 Å². The van der Waals surface area contributed by atoms with E-state index in [1.807, 2.05) is 13.8 Å².